The number of aryl methyl sites for hydroxylation is 1. The number of hydrogen-bond acceptors (Lipinski definition) is 3. The second kappa shape index (κ2) is 5.78. The van der Waals surface area contributed by atoms with Gasteiger partial charge in [0, 0.05) is 23.3 Å². The van der Waals surface area contributed by atoms with Gasteiger partial charge in [-0.25, -0.2) is 0 Å². The van der Waals surface area contributed by atoms with E-state index in [4.69, 9.17) is 15.9 Å². The Kier molecular flexibility index (Phi) is 4.65. The number of hydrogen-bond donors (Lipinski definition) is 2. The van der Waals surface area contributed by atoms with Gasteiger partial charge in [-0.05, 0) is 19.1 Å². The third kappa shape index (κ3) is 3.57. The Morgan fingerprint density at radius 3 is 2.87 bits per heavy atom. The van der Waals surface area contributed by atoms with Crippen molar-refractivity contribution in [2.75, 3.05) is 19.5 Å². The first-order valence-corrected chi connectivity index (χ1v) is 5.70. The molecule has 1 aromatic rings. The van der Waals surface area contributed by atoms with Crippen molar-refractivity contribution < 1.29 is 4.74 Å². The molecular weight excluding hydrogens is 208 g/mol. The second-order valence-electron chi connectivity index (χ2n) is 3.25. The maximum absolute atomic E-state index is 7.49. The Morgan fingerprint density at radius 2 is 2.27 bits per heavy atom. The molecular formula is C11H16N2OS. The zero-order valence-corrected chi connectivity index (χ0v) is 9.86. The van der Waals surface area contributed by atoms with Crippen molar-refractivity contribution >= 4 is 17.6 Å². The maximum Gasteiger partial charge on any atom is 0.123 e. The van der Waals surface area contributed by atoms with E-state index in [1.165, 1.54) is 0 Å². The first-order valence-electron chi connectivity index (χ1n) is 4.72. The van der Waals surface area contributed by atoms with E-state index in [0.717, 1.165) is 21.8 Å². The number of nitrogens with one attached hydrogen (secondary N) is 1. The highest BCUT2D eigenvalue weighted by Gasteiger charge is 2.05. The average Bonchev–Trinajstić information content (AvgIpc) is 2.20. The van der Waals surface area contributed by atoms with Crippen LogP contribution >= 0.6 is 11.8 Å². The molecule has 0 bridgehead atoms. The van der Waals surface area contributed by atoms with E-state index in [1.807, 2.05) is 25.1 Å². The largest absolute Gasteiger partial charge is 0.384 e. The molecule has 0 spiro atoms. The molecule has 82 valence electrons. The van der Waals surface area contributed by atoms with Gasteiger partial charge in [0.05, 0.1) is 6.61 Å². The maximum atomic E-state index is 7.49. The number of nitrogen functional groups attached to an aromatic ring is 1. The molecule has 0 aliphatic heterocycles. The van der Waals surface area contributed by atoms with Crippen molar-refractivity contribution in [1.29, 1.82) is 5.41 Å². The third-order valence-corrected chi connectivity index (χ3v) is 3.01. The molecule has 0 aromatic heterocycles. The molecule has 0 amide bonds. The highest BCUT2D eigenvalue weighted by atomic mass is 32.2. The zero-order valence-electron chi connectivity index (χ0n) is 9.04. The Hall–Kier alpha value is -1.00. The van der Waals surface area contributed by atoms with Gasteiger partial charge >= 0.3 is 0 Å². The number of benzene rings is 1. The van der Waals surface area contributed by atoms with Crippen LogP contribution in [0.2, 0.25) is 0 Å². The standard InChI is InChI=1S/C11H16N2OS/c1-8-3-4-10(15-6-5-14-2)9(7-8)11(12)13/h3-4,7H,5-6H2,1-2H3,(H3,12,13). The number of thioether (sulfide) groups is 1. The molecule has 0 saturated heterocycles. The second-order valence-corrected chi connectivity index (χ2v) is 4.39. The molecule has 4 heteroatoms. The minimum atomic E-state index is 0.124. The summed E-state index contributed by atoms with van der Waals surface area (Å²) in [5, 5.41) is 7.49. The van der Waals surface area contributed by atoms with E-state index in [1.54, 1.807) is 18.9 Å². The van der Waals surface area contributed by atoms with E-state index in [-0.39, 0.29) is 5.84 Å². The van der Waals surface area contributed by atoms with Gasteiger partial charge in [0.2, 0.25) is 0 Å². The van der Waals surface area contributed by atoms with Crippen molar-refractivity contribution in [2.45, 2.75) is 11.8 Å². The summed E-state index contributed by atoms with van der Waals surface area (Å²) in [4.78, 5) is 1.05. The fraction of sp³-hybridized carbons (Fsp3) is 0.364. The van der Waals surface area contributed by atoms with E-state index < -0.39 is 0 Å². The molecule has 0 heterocycles. The number of nitrogens with two attached hydrogens (primary N) is 1. The van der Waals surface area contributed by atoms with Crippen LogP contribution in [0, 0.1) is 12.3 Å². The lowest BCUT2D eigenvalue weighted by Crippen LogP contribution is -2.12. The highest BCUT2D eigenvalue weighted by molar-refractivity contribution is 7.99. The molecule has 0 saturated carbocycles. The fourth-order valence-corrected chi connectivity index (χ4v) is 2.17. The molecule has 0 radical (unpaired) electrons. The van der Waals surface area contributed by atoms with Crippen LogP contribution in [0.4, 0.5) is 0 Å². The Labute approximate surface area is 94.5 Å². The summed E-state index contributed by atoms with van der Waals surface area (Å²) < 4.78 is 4.98. The van der Waals surface area contributed by atoms with Crippen molar-refractivity contribution in [3.63, 3.8) is 0 Å². The third-order valence-electron chi connectivity index (χ3n) is 1.97. The Balaban J connectivity index is 2.81. The van der Waals surface area contributed by atoms with Gasteiger partial charge in [-0.15, -0.1) is 11.8 Å². The first-order chi connectivity index (χ1) is 7.15. The van der Waals surface area contributed by atoms with Crippen LogP contribution in [-0.4, -0.2) is 25.3 Å². The van der Waals surface area contributed by atoms with E-state index in [2.05, 4.69) is 0 Å². The molecule has 3 nitrogen and oxygen atoms in total. The number of ether oxygens (including phenoxy) is 1. The minimum absolute atomic E-state index is 0.124. The monoisotopic (exact) mass is 224 g/mol. The van der Waals surface area contributed by atoms with E-state index >= 15 is 0 Å². The molecule has 0 aliphatic rings. The lowest BCUT2D eigenvalue weighted by atomic mass is 10.1. The quantitative estimate of drug-likeness (QED) is 0.348. The van der Waals surface area contributed by atoms with E-state index in [9.17, 15) is 0 Å². The summed E-state index contributed by atoms with van der Waals surface area (Å²) in [5.74, 6) is 0.999. The van der Waals surface area contributed by atoms with Gasteiger partial charge < -0.3 is 10.5 Å². The molecule has 0 aliphatic carbocycles. The van der Waals surface area contributed by atoms with Crippen molar-refractivity contribution in [3.05, 3.63) is 29.3 Å². The predicted octanol–water partition coefficient (Wildman–Crippen LogP) is 2.02. The van der Waals surface area contributed by atoms with Crippen LogP contribution in [0.3, 0.4) is 0 Å². The van der Waals surface area contributed by atoms with Crippen LogP contribution in [0.15, 0.2) is 23.1 Å². The minimum Gasteiger partial charge on any atom is -0.384 e. The van der Waals surface area contributed by atoms with Gasteiger partial charge in [-0.1, -0.05) is 11.6 Å². The highest BCUT2D eigenvalue weighted by Crippen LogP contribution is 2.23. The summed E-state index contributed by atoms with van der Waals surface area (Å²) in [6.45, 7) is 2.70. The topological polar surface area (TPSA) is 59.1 Å². The molecule has 1 rings (SSSR count). The molecule has 0 unspecified atom stereocenters. The summed E-state index contributed by atoms with van der Waals surface area (Å²) in [6, 6.07) is 5.98. The average molecular weight is 224 g/mol. The van der Waals surface area contributed by atoms with Crippen molar-refractivity contribution in [2.24, 2.45) is 5.73 Å². The molecule has 15 heavy (non-hydrogen) atoms. The van der Waals surface area contributed by atoms with E-state index in [0.29, 0.717) is 6.61 Å². The van der Waals surface area contributed by atoms with Crippen molar-refractivity contribution in [1.82, 2.24) is 0 Å². The zero-order chi connectivity index (χ0) is 11.3. The van der Waals surface area contributed by atoms with Crippen LogP contribution in [0.5, 0.6) is 0 Å². The normalized spacial score (nSPS) is 10.3. The lowest BCUT2D eigenvalue weighted by Gasteiger charge is -2.08. The molecule has 1 aromatic carbocycles. The predicted molar refractivity (Wildman–Crippen MR) is 64.8 cm³/mol. The summed E-state index contributed by atoms with van der Waals surface area (Å²) in [6.07, 6.45) is 0. The number of methoxy groups -OCH3 is 1. The van der Waals surface area contributed by atoms with Crippen LogP contribution in [0.25, 0.3) is 0 Å². The Morgan fingerprint density at radius 1 is 1.53 bits per heavy atom. The van der Waals surface area contributed by atoms with Crippen LogP contribution < -0.4 is 5.73 Å². The van der Waals surface area contributed by atoms with Gasteiger partial charge in [0.1, 0.15) is 5.84 Å². The Bertz CT molecular complexity index is 352. The van der Waals surface area contributed by atoms with Gasteiger partial charge in [-0.3, -0.25) is 5.41 Å². The fourth-order valence-electron chi connectivity index (χ4n) is 1.22. The lowest BCUT2D eigenvalue weighted by molar-refractivity contribution is 0.218. The molecule has 3 N–H and O–H groups in total. The van der Waals surface area contributed by atoms with Crippen molar-refractivity contribution in [3.8, 4) is 0 Å². The van der Waals surface area contributed by atoms with Gasteiger partial charge in [0.15, 0.2) is 0 Å². The number of amidine groups is 1. The molecule has 0 fully saturated rings. The van der Waals surface area contributed by atoms with Gasteiger partial charge in [-0.2, -0.15) is 0 Å². The summed E-state index contributed by atoms with van der Waals surface area (Å²) >= 11 is 1.66. The number of rotatable bonds is 5. The smallest absolute Gasteiger partial charge is 0.123 e. The summed E-state index contributed by atoms with van der Waals surface area (Å²) in [5.41, 5.74) is 7.46. The van der Waals surface area contributed by atoms with Crippen LogP contribution in [-0.2, 0) is 4.74 Å². The molecule has 0 atom stereocenters. The SMILES string of the molecule is COCCSc1ccc(C)cc1C(=N)N. The first kappa shape index (κ1) is 12.1. The summed E-state index contributed by atoms with van der Waals surface area (Å²) in [7, 11) is 1.68. The van der Waals surface area contributed by atoms with Crippen LogP contribution in [0.1, 0.15) is 11.1 Å². The van der Waals surface area contributed by atoms with Gasteiger partial charge in [0.25, 0.3) is 0 Å².